The second kappa shape index (κ2) is 4.70. The van der Waals surface area contributed by atoms with E-state index in [0.29, 0.717) is 12.5 Å². The number of hydrogen-bond donors (Lipinski definition) is 0. The van der Waals surface area contributed by atoms with Gasteiger partial charge in [0.05, 0.1) is 11.0 Å². The fourth-order valence-corrected chi connectivity index (χ4v) is 2.30. The average Bonchev–Trinajstić information content (AvgIpc) is 2.61. The summed E-state index contributed by atoms with van der Waals surface area (Å²) in [6.07, 6.45) is 2.34. The second-order valence-corrected chi connectivity index (χ2v) is 4.65. The zero-order valence-corrected chi connectivity index (χ0v) is 10.6. The minimum absolute atomic E-state index is 0.417. The van der Waals surface area contributed by atoms with E-state index >= 15 is 0 Å². The lowest BCUT2D eigenvalue weighted by Gasteiger charge is -2.10. The minimum atomic E-state index is 0.417. The van der Waals surface area contributed by atoms with Crippen LogP contribution in [0.25, 0.3) is 11.0 Å². The molecule has 0 aliphatic rings. The van der Waals surface area contributed by atoms with E-state index in [1.807, 2.05) is 6.92 Å². The number of carbonyl (C=O) groups is 1. The van der Waals surface area contributed by atoms with Crippen LogP contribution < -0.4 is 0 Å². The standard InChI is InChI=1S/C14H18N2O/c1-10(2)16-11(3)15-13-9-12(5-4-8-17)6-7-14(13)16/h6-10H,4-5H2,1-3H3. The SMILES string of the molecule is Cc1nc2cc(CCC=O)ccc2n1C(C)C. The van der Waals surface area contributed by atoms with Crippen molar-refractivity contribution in [3.8, 4) is 0 Å². The summed E-state index contributed by atoms with van der Waals surface area (Å²) in [5.74, 6) is 1.04. The highest BCUT2D eigenvalue weighted by molar-refractivity contribution is 5.77. The number of nitrogens with zero attached hydrogens (tertiary/aromatic N) is 2. The van der Waals surface area contributed by atoms with Crippen molar-refractivity contribution in [2.75, 3.05) is 0 Å². The van der Waals surface area contributed by atoms with Crippen molar-refractivity contribution in [2.24, 2.45) is 0 Å². The molecular weight excluding hydrogens is 212 g/mol. The number of aryl methyl sites for hydroxylation is 2. The van der Waals surface area contributed by atoms with Gasteiger partial charge in [0, 0.05) is 12.5 Å². The van der Waals surface area contributed by atoms with Gasteiger partial charge < -0.3 is 9.36 Å². The molecule has 0 N–H and O–H groups in total. The quantitative estimate of drug-likeness (QED) is 0.757. The van der Waals surface area contributed by atoms with Gasteiger partial charge in [-0.25, -0.2) is 4.98 Å². The van der Waals surface area contributed by atoms with E-state index in [1.54, 1.807) is 0 Å². The van der Waals surface area contributed by atoms with Gasteiger partial charge >= 0.3 is 0 Å². The van der Waals surface area contributed by atoms with Crippen molar-refractivity contribution >= 4 is 17.3 Å². The van der Waals surface area contributed by atoms with Gasteiger partial charge in [0.2, 0.25) is 0 Å². The van der Waals surface area contributed by atoms with Crippen molar-refractivity contribution < 1.29 is 4.79 Å². The molecule has 3 nitrogen and oxygen atoms in total. The molecule has 17 heavy (non-hydrogen) atoms. The monoisotopic (exact) mass is 230 g/mol. The molecule has 0 unspecified atom stereocenters. The Morgan fingerprint density at radius 2 is 2.18 bits per heavy atom. The number of benzene rings is 1. The Bertz CT molecular complexity index is 540. The molecule has 2 aromatic rings. The molecular formula is C14H18N2O. The lowest BCUT2D eigenvalue weighted by Crippen LogP contribution is -2.02. The first-order valence-electron chi connectivity index (χ1n) is 6.04. The first kappa shape index (κ1) is 11.8. The van der Waals surface area contributed by atoms with Crippen LogP contribution in [-0.4, -0.2) is 15.8 Å². The van der Waals surface area contributed by atoms with Crippen LogP contribution >= 0.6 is 0 Å². The number of rotatable bonds is 4. The van der Waals surface area contributed by atoms with Crippen molar-refractivity contribution in [3.63, 3.8) is 0 Å². The third-order valence-corrected chi connectivity index (χ3v) is 3.00. The summed E-state index contributed by atoms with van der Waals surface area (Å²) >= 11 is 0. The topological polar surface area (TPSA) is 34.9 Å². The smallest absolute Gasteiger partial charge is 0.120 e. The van der Waals surface area contributed by atoms with Crippen LogP contribution in [-0.2, 0) is 11.2 Å². The summed E-state index contributed by atoms with van der Waals surface area (Å²) in [6, 6.07) is 6.70. The molecule has 0 spiro atoms. The van der Waals surface area contributed by atoms with Crippen molar-refractivity contribution in [2.45, 2.75) is 39.7 Å². The Morgan fingerprint density at radius 1 is 1.41 bits per heavy atom. The number of carbonyl (C=O) groups excluding carboxylic acids is 1. The van der Waals surface area contributed by atoms with Crippen LogP contribution in [0.3, 0.4) is 0 Å². The average molecular weight is 230 g/mol. The Labute approximate surface area is 101 Å². The van der Waals surface area contributed by atoms with Gasteiger partial charge in [-0.1, -0.05) is 6.07 Å². The van der Waals surface area contributed by atoms with Crippen LogP contribution in [0.5, 0.6) is 0 Å². The predicted octanol–water partition coefficient (Wildman–Crippen LogP) is 3.06. The predicted molar refractivity (Wildman–Crippen MR) is 69.2 cm³/mol. The van der Waals surface area contributed by atoms with Gasteiger partial charge in [-0.3, -0.25) is 0 Å². The normalized spacial score (nSPS) is 11.3. The molecule has 0 aliphatic heterocycles. The molecule has 0 fully saturated rings. The van der Waals surface area contributed by atoms with Crippen LogP contribution in [0.15, 0.2) is 18.2 Å². The fourth-order valence-electron chi connectivity index (χ4n) is 2.30. The van der Waals surface area contributed by atoms with E-state index in [1.165, 1.54) is 11.1 Å². The maximum atomic E-state index is 10.4. The highest BCUT2D eigenvalue weighted by atomic mass is 16.1. The number of aldehydes is 1. The zero-order chi connectivity index (χ0) is 12.4. The number of aromatic nitrogens is 2. The highest BCUT2D eigenvalue weighted by Crippen LogP contribution is 2.22. The largest absolute Gasteiger partial charge is 0.326 e. The first-order chi connectivity index (χ1) is 8.13. The number of hydrogen-bond acceptors (Lipinski definition) is 2. The van der Waals surface area contributed by atoms with E-state index in [-0.39, 0.29) is 0 Å². The van der Waals surface area contributed by atoms with Gasteiger partial charge in [0.15, 0.2) is 0 Å². The summed E-state index contributed by atoms with van der Waals surface area (Å²) in [6.45, 7) is 6.36. The van der Waals surface area contributed by atoms with Crippen LogP contribution in [0.1, 0.15) is 37.7 Å². The molecule has 1 heterocycles. The van der Waals surface area contributed by atoms with Gasteiger partial charge in [0.1, 0.15) is 12.1 Å². The van der Waals surface area contributed by atoms with Crippen molar-refractivity contribution in [1.82, 2.24) is 9.55 Å². The summed E-state index contributed by atoms with van der Waals surface area (Å²) in [5, 5.41) is 0. The lowest BCUT2D eigenvalue weighted by atomic mass is 10.1. The zero-order valence-electron chi connectivity index (χ0n) is 10.6. The van der Waals surface area contributed by atoms with Crippen LogP contribution in [0.4, 0.5) is 0 Å². The maximum Gasteiger partial charge on any atom is 0.120 e. The van der Waals surface area contributed by atoms with Crippen LogP contribution in [0, 0.1) is 6.92 Å². The Balaban J connectivity index is 2.46. The molecule has 1 aromatic carbocycles. The molecule has 0 aliphatic carbocycles. The molecule has 90 valence electrons. The maximum absolute atomic E-state index is 10.4. The number of fused-ring (bicyclic) bond motifs is 1. The van der Waals surface area contributed by atoms with E-state index < -0.39 is 0 Å². The third kappa shape index (κ3) is 2.23. The highest BCUT2D eigenvalue weighted by Gasteiger charge is 2.10. The summed E-state index contributed by atoms with van der Waals surface area (Å²) in [4.78, 5) is 14.9. The Hall–Kier alpha value is -1.64. The summed E-state index contributed by atoms with van der Waals surface area (Å²) in [7, 11) is 0. The third-order valence-electron chi connectivity index (χ3n) is 3.00. The van der Waals surface area contributed by atoms with E-state index in [4.69, 9.17) is 0 Å². The Kier molecular flexibility index (Phi) is 3.27. The minimum Gasteiger partial charge on any atom is -0.326 e. The Morgan fingerprint density at radius 3 is 2.82 bits per heavy atom. The summed E-state index contributed by atoms with van der Waals surface area (Å²) in [5.41, 5.74) is 3.38. The molecule has 0 atom stereocenters. The van der Waals surface area contributed by atoms with Gasteiger partial charge in [-0.15, -0.1) is 0 Å². The van der Waals surface area contributed by atoms with Crippen LogP contribution in [0.2, 0.25) is 0 Å². The van der Waals surface area contributed by atoms with Gasteiger partial charge in [-0.05, 0) is 44.9 Å². The fraction of sp³-hybridized carbons (Fsp3) is 0.429. The molecule has 0 saturated heterocycles. The van der Waals surface area contributed by atoms with E-state index in [9.17, 15) is 4.79 Å². The molecule has 0 saturated carbocycles. The molecule has 3 heteroatoms. The molecule has 0 amide bonds. The number of imidazole rings is 1. The van der Waals surface area contributed by atoms with Gasteiger partial charge in [-0.2, -0.15) is 0 Å². The molecule has 0 radical (unpaired) electrons. The van der Waals surface area contributed by atoms with E-state index in [0.717, 1.165) is 24.0 Å². The molecule has 2 rings (SSSR count). The first-order valence-corrected chi connectivity index (χ1v) is 6.04. The van der Waals surface area contributed by atoms with Crippen molar-refractivity contribution in [3.05, 3.63) is 29.6 Å². The van der Waals surface area contributed by atoms with Gasteiger partial charge in [0.25, 0.3) is 0 Å². The van der Waals surface area contributed by atoms with Crippen molar-refractivity contribution in [1.29, 1.82) is 0 Å². The summed E-state index contributed by atoms with van der Waals surface area (Å²) < 4.78 is 2.23. The molecule has 0 bridgehead atoms. The van der Waals surface area contributed by atoms with E-state index in [2.05, 4.69) is 41.6 Å². The molecule has 1 aromatic heterocycles. The second-order valence-electron chi connectivity index (χ2n) is 4.65. The lowest BCUT2D eigenvalue weighted by molar-refractivity contribution is -0.107.